The van der Waals surface area contributed by atoms with E-state index in [0.717, 1.165) is 18.7 Å². The van der Waals surface area contributed by atoms with Gasteiger partial charge in [-0.3, -0.25) is 4.90 Å². The van der Waals surface area contributed by atoms with Gasteiger partial charge in [0.1, 0.15) is 0 Å². The zero-order valence-corrected chi connectivity index (χ0v) is 12.4. The molecule has 0 saturated carbocycles. The fourth-order valence-electron chi connectivity index (χ4n) is 1.90. The number of nitrogens with zero attached hydrogens (tertiary/aromatic N) is 1. The number of methoxy groups -OCH3 is 1. The van der Waals surface area contributed by atoms with Crippen LogP contribution in [0.2, 0.25) is 0 Å². The van der Waals surface area contributed by atoms with E-state index in [1.165, 1.54) is 11.0 Å². The minimum Gasteiger partial charge on any atom is -0.478 e. The summed E-state index contributed by atoms with van der Waals surface area (Å²) in [5.74, 6) is -0.919. The van der Waals surface area contributed by atoms with Gasteiger partial charge in [-0.1, -0.05) is 6.92 Å². The Kier molecular flexibility index (Phi) is 6.77. The van der Waals surface area contributed by atoms with E-state index in [9.17, 15) is 4.79 Å². The highest BCUT2D eigenvalue weighted by atomic mass is 32.1. The zero-order chi connectivity index (χ0) is 14.3. The van der Waals surface area contributed by atoms with Gasteiger partial charge in [0.2, 0.25) is 0 Å². The molecule has 0 aliphatic heterocycles. The van der Waals surface area contributed by atoms with Crippen molar-refractivity contribution in [1.29, 1.82) is 0 Å². The molecule has 0 amide bonds. The largest absolute Gasteiger partial charge is 0.478 e. The molecule has 0 bridgehead atoms. The van der Waals surface area contributed by atoms with Gasteiger partial charge in [0.15, 0.2) is 0 Å². The highest BCUT2D eigenvalue weighted by Gasteiger charge is 2.14. The minimum atomic E-state index is -0.919. The molecule has 0 radical (unpaired) electrons. The first-order valence-corrected chi connectivity index (χ1v) is 7.16. The molecule has 0 aliphatic carbocycles. The van der Waals surface area contributed by atoms with Gasteiger partial charge in [0, 0.05) is 30.6 Å². The van der Waals surface area contributed by atoms with Crippen LogP contribution in [-0.4, -0.2) is 42.3 Å². The molecule has 1 aromatic heterocycles. The molecule has 1 heterocycles. The summed E-state index contributed by atoms with van der Waals surface area (Å²) >= 11 is 1.65. The average Bonchev–Trinajstić information content (AvgIpc) is 2.80. The van der Waals surface area contributed by atoms with E-state index in [0.29, 0.717) is 12.6 Å². The maximum atomic E-state index is 10.6. The summed E-state index contributed by atoms with van der Waals surface area (Å²) in [6.07, 6.45) is 2.84. The van der Waals surface area contributed by atoms with Gasteiger partial charge in [-0.25, -0.2) is 4.79 Å². The Morgan fingerprint density at radius 3 is 2.95 bits per heavy atom. The number of hydrogen-bond donors (Lipinski definition) is 1. The van der Waals surface area contributed by atoms with E-state index >= 15 is 0 Å². The summed E-state index contributed by atoms with van der Waals surface area (Å²) in [6.45, 7) is 6.70. The number of carboxylic acids is 1. The third-order valence-electron chi connectivity index (χ3n) is 2.97. The van der Waals surface area contributed by atoms with Crippen LogP contribution in [0.5, 0.6) is 0 Å². The van der Waals surface area contributed by atoms with Crippen LogP contribution in [0.15, 0.2) is 17.5 Å². The SMILES string of the molecule is CCN(Cc1sccc1C=CC(=O)O)C(C)COC. The lowest BCUT2D eigenvalue weighted by atomic mass is 10.2. The number of carbonyl (C=O) groups is 1. The normalized spacial score (nSPS) is 13.3. The van der Waals surface area contributed by atoms with Gasteiger partial charge < -0.3 is 9.84 Å². The van der Waals surface area contributed by atoms with Crippen LogP contribution in [0, 0.1) is 0 Å². The van der Waals surface area contributed by atoms with Gasteiger partial charge in [-0.05, 0) is 36.6 Å². The topological polar surface area (TPSA) is 49.8 Å². The highest BCUT2D eigenvalue weighted by Crippen LogP contribution is 2.21. The molecule has 0 saturated heterocycles. The van der Waals surface area contributed by atoms with Gasteiger partial charge in [-0.15, -0.1) is 11.3 Å². The number of hydrogen-bond acceptors (Lipinski definition) is 4. The van der Waals surface area contributed by atoms with Gasteiger partial charge in [0.05, 0.1) is 6.61 Å². The zero-order valence-electron chi connectivity index (χ0n) is 11.6. The molecule has 19 heavy (non-hydrogen) atoms. The monoisotopic (exact) mass is 283 g/mol. The van der Waals surface area contributed by atoms with Crippen LogP contribution in [-0.2, 0) is 16.1 Å². The second kappa shape index (κ2) is 8.09. The minimum absolute atomic E-state index is 0.341. The van der Waals surface area contributed by atoms with Crippen LogP contribution >= 0.6 is 11.3 Å². The summed E-state index contributed by atoms with van der Waals surface area (Å²) in [6, 6.07) is 2.29. The fraction of sp³-hybridized carbons (Fsp3) is 0.500. The Labute approximate surface area is 118 Å². The summed E-state index contributed by atoms with van der Waals surface area (Å²) in [5, 5.41) is 10.7. The van der Waals surface area contributed by atoms with Crippen LogP contribution < -0.4 is 0 Å². The summed E-state index contributed by atoms with van der Waals surface area (Å²) in [7, 11) is 1.70. The van der Waals surface area contributed by atoms with Crippen molar-refractivity contribution >= 4 is 23.4 Å². The quantitative estimate of drug-likeness (QED) is 0.745. The number of ether oxygens (including phenoxy) is 1. The van der Waals surface area contributed by atoms with E-state index in [1.807, 2.05) is 11.4 Å². The molecule has 0 aromatic carbocycles. The maximum Gasteiger partial charge on any atom is 0.328 e. The van der Waals surface area contributed by atoms with Crippen LogP contribution in [0.3, 0.4) is 0 Å². The Bertz CT molecular complexity index is 428. The molecule has 1 atom stereocenters. The first kappa shape index (κ1) is 15.9. The molecule has 5 heteroatoms. The van der Waals surface area contributed by atoms with Crippen molar-refractivity contribution in [3.63, 3.8) is 0 Å². The molecule has 1 rings (SSSR count). The number of carboxylic acid groups (broad SMARTS) is 1. The predicted octanol–water partition coefficient (Wildman–Crippen LogP) is 2.70. The first-order valence-electron chi connectivity index (χ1n) is 6.28. The lowest BCUT2D eigenvalue weighted by Gasteiger charge is -2.27. The molecular weight excluding hydrogens is 262 g/mol. The van der Waals surface area contributed by atoms with Crippen molar-refractivity contribution in [3.05, 3.63) is 28.0 Å². The highest BCUT2D eigenvalue weighted by molar-refractivity contribution is 7.10. The van der Waals surface area contributed by atoms with Crippen LogP contribution in [0.25, 0.3) is 6.08 Å². The van der Waals surface area contributed by atoms with Crippen molar-refractivity contribution < 1.29 is 14.6 Å². The van der Waals surface area contributed by atoms with Crippen molar-refractivity contribution in [3.8, 4) is 0 Å². The molecule has 0 fully saturated rings. The third kappa shape index (κ3) is 5.14. The first-order chi connectivity index (χ1) is 9.08. The van der Waals surface area contributed by atoms with Gasteiger partial charge in [-0.2, -0.15) is 0 Å². The molecule has 1 N–H and O–H groups in total. The molecular formula is C14H21NO3S. The Morgan fingerprint density at radius 2 is 2.37 bits per heavy atom. The second-order valence-corrected chi connectivity index (χ2v) is 5.34. The van der Waals surface area contributed by atoms with E-state index in [1.54, 1.807) is 24.5 Å². The standard InChI is InChI=1S/C14H21NO3S/c1-4-15(11(2)10-18-3)9-13-12(7-8-19-13)5-6-14(16)17/h5-8,11H,4,9-10H2,1-3H3,(H,16,17). The second-order valence-electron chi connectivity index (χ2n) is 4.34. The molecule has 106 valence electrons. The lowest BCUT2D eigenvalue weighted by Crippen LogP contribution is -2.35. The number of aliphatic carboxylic acids is 1. The maximum absolute atomic E-state index is 10.6. The Morgan fingerprint density at radius 1 is 1.63 bits per heavy atom. The van der Waals surface area contributed by atoms with Crippen molar-refractivity contribution in [2.75, 3.05) is 20.3 Å². The number of rotatable bonds is 8. The van der Waals surface area contributed by atoms with Gasteiger partial charge in [0.25, 0.3) is 0 Å². The average molecular weight is 283 g/mol. The summed E-state index contributed by atoms with van der Waals surface area (Å²) in [4.78, 5) is 14.1. The third-order valence-corrected chi connectivity index (χ3v) is 3.89. The number of thiophene rings is 1. The van der Waals surface area contributed by atoms with Crippen molar-refractivity contribution in [2.24, 2.45) is 0 Å². The summed E-state index contributed by atoms with van der Waals surface area (Å²) in [5.41, 5.74) is 0.982. The van der Waals surface area contributed by atoms with Crippen LogP contribution in [0.1, 0.15) is 24.3 Å². The summed E-state index contributed by atoms with van der Waals surface area (Å²) < 4.78 is 5.18. The molecule has 1 aromatic rings. The molecule has 0 aliphatic rings. The molecule has 0 spiro atoms. The smallest absolute Gasteiger partial charge is 0.328 e. The van der Waals surface area contributed by atoms with Crippen molar-refractivity contribution in [1.82, 2.24) is 4.90 Å². The lowest BCUT2D eigenvalue weighted by molar-refractivity contribution is -0.131. The van der Waals surface area contributed by atoms with E-state index in [2.05, 4.69) is 18.7 Å². The Hall–Kier alpha value is -1.17. The fourth-order valence-corrected chi connectivity index (χ4v) is 2.79. The van der Waals surface area contributed by atoms with Gasteiger partial charge >= 0.3 is 5.97 Å². The molecule has 1 unspecified atom stereocenters. The predicted molar refractivity (Wildman–Crippen MR) is 78.4 cm³/mol. The van der Waals surface area contributed by atoms with E-state index in [-0.39, 0.29) is 0 Å². The van der Waals surface area contributed by atoms with Crippen molar-refractivity contribution in [2.45, 2.75) is 26.4 Å². The molecule has 4 nitrogen and oxygen atoms in total. The number of likely N-dealkylation sites (N-methyl/N-ethyl adjacent to an activating group) is 1. The van der Waals surface area contributed by atoms with E-state index < -0.39 is 5.97 Å². The Balaban J connectivity index is 2.75. The van der Waals surface area contributed by atoms with Crippen LogP contribution in [0.4, 0.5) is 0 Å². The van der Waals surface area contributed by atoms with E-state index in [4.69, 9.17) is 9.84 Å².